The highest BCUT2D eigenvalue weighted by Gasteiger charge is 2.16. The summed E-state index contributed by atoms with van der Waals surface area (Å²) in [6.07, 6.45) is 2.88. The standard InChI is InChI=1S/C14H16Cl2O3/c15-6-5-10-8-11(3-4-13(10)14(16)17)19-9-12-2-1-7-18-12/h3-4,8,12H,1-2,5-7,9H2/t12-/m0/s1. The van der Waals surface area contributed by atoms with Gasteiger partial charge >= 0.3 is 0 Å². The third-order valence-corrected chi connectivity index (χ3v) is 3.50. The minimum Gasteiger partial charge on any atom is -0.491 e. The summed E-state index contributed by atoms with van der Waals surface area (Å²) in [7, 11) is 0. The van der Waals surface area contributed by atoms with Gasteiger partial charge < -0.3 is 9.47 Å². The van der Waals surface area contributed by atoms with Crippen molar-refractivity contribution >= 4 is 28.4 Å². The van der Waals surface area contributed by atoms with Gasteiger partial charge in [0.1, 0.15) is 12.4 Å². The molecule has 0 N–H and O–H groups in total. The Balaban J connectivity index is 2.04. The van der Waals surface area contributed by atoms with Crippen molar-refractivity contribution in [1.82, 2.24) is 0 Å². The zero-order valence-corrected chi connectivity index (χ0v) is 12.0. The van der Waals surface area contributed by atoms with Gasteiger partial charge in [-0.15, -0.1) is 11.6 Å². The van der Waals surface area contributed by atoms with Gasteiger partial charge in [-0.25, -0.2) is 0 Å². The average Bonchev–Trinajstić information content (AvgIpc) is 2.90. The van der Waals surface area contributed by atoms with Gasteiger partial charge in [-0.05, 0) is 54.6 Å². The Labute approximate surface area is 122 Å². The van der Waals surface area contributed by atoms with Crippen molar-refractivity contribution in [3.63, 3.8) is 0 Å². The summed E-state index contributed by atoms with van der Waals surface area (Å²) in [5.74, 6) is 1.16. The molecular weight excluding hydrogens is 287 g/mol. The third-order valence-electron chi connectivity index (χ3n) is 3.11. The monoisotopic (exact) mass is 302 g/mol. The number of aryl methyl sites for hydroxylation is 1. The molecule has 0 aliphatic carbocycles. The van der Waals surface area contributed by atoms with E-state index in [4.69, 9.17) is 32.7 Å². The summed E-state index contributed by atoms with van der Waals surface area (Å²) in [4.78, 5) is 11.3. The van der Waals surface area contributed by atoms with Crippen molar-refractivity contribution in [2.75, 3.05) is 19.1 Å². The van der Waals surface area contributed by atoms with E-state index in [1.165, 1.54) is 0 Å². The van der Waals surface area contributed by atoms with Gasteiger partial charge in [-0.1, -0.05) is 0 Å². The first-order valence-electron chi connectivity index (χ1n) is 6.34. The lowest BCUT2D eigenvalue weighted by molar-refractivity contribution is 0.0679. The first-order valence-corrected chi connectivity index (χ1v) is 7.25. The number of halogens is 2. The molecule has 5 heteroatoms. The van der Waals surface area contributed by atoms with Crippen molar-refractivity contribution in [3.05, 3.63) is 29.3 Å². The smallest absolute Gasteiger partial charge is 0.252 e. The maximum absolute atomic E-state index is 11.3. The van der Waals surface area contributed by atoms with Gasteiger partial charge in [0.2, 0.25) is 0 Å². The maximum atomic E-state index is 11.3. The largest absolute Gasteiger partial charge is 0.491 e. The Hall–Kier alpha value is -0.770. The molecule has 1 aliphatic rings. The van der Waals surface area contributed by atoms with E-state index in [0.717, 1.165) is 30.8 Å². The quantitative estimate of drug-likeness (QED) is 0.597. The zero-order chi connectivity index (χ0) is 13.7. The highest BCUT2D eigenvalue weighted by Crippen LogP contribution is 2.22. The van der Waals surface area contributed by atoms with E-state index in [-0.39, 0.29) is 6.10 Å². The van der Waals surface area contributed by atoms with E-state index in [2.05, 4.69) is 0 Å². The normalized spacial score (nSPS) is 18.5. The fourth-order valence-electron chi connectivity index (χ4n) is 2.13. The number of hydrogen-bond acceptors (Lipinski definition) is 3. The summed E-state index contributed by atoms with van der Waals surface area (Å²) in [6, 6.07) is 5.26. The van der Waals surface area contributed by atoms with E-state index >= 15 is 0 Å². The number of benzene rings is 1. The molecule has 104 valence electrons. The Morgan fingerprint density at radius 2 is 2.32 bits per heavy atom. The van der Waals surface area contributed by atoms with Crippen LogP contribution < -0.4 is 4.74 Å². The second-order valence-corrected chi connectivity index (χ2v) is 5.20. The van der Waals surface area contributed by atoms with E-state index in [9.17, 15) is 4.79 Å². The van der Waals surface area contributed by atoms with Gasteiger partial charge in [0, 0.05) is 18.1 Å². The van der Waals surface area contributed by atoms with Crippen LogP contribution in [0.5, 0.6) is 5.75 Å². The molecule has 0 amide bonds. The van der Waals surface area contributed by atoms with Gasteiger partial charge in [-0.3, -0.25) is 4.79 Å². The molecule has 1 saturated heterocycles. The minimum atomic E-state index is -0.467. The number of carbonyl (C=O) groups is 1. The molecule has 0 aromatic heterocycles. The van der Waals surface area contributed by atoms with Crippen LogP contribution in [-0.4, -0.2) is 30.4 Å². The molecule has 1 aliphatic heterocycles. The van der Waals surface area contributed by atoms with Crippen LogP contribution in [0.25, 0.3) is 0 Å². The molecule has 0 radical (unpaired) electrons. The van der Waals surface area contributed by atoms with E-state index in [0.29, 0.717) is 24.5 Å². The summed E-state index contributed by atoms with van der Waals surface area (Å²) in [6.45, 7) is 1.35. The number of rotatable bonds is 6. The lowest BCUT2D eigenvalue weighted by Crippen LogP contribution is -2.16. The fraction of sp³-hybridized carbons (Fsp3) is 0.500. The lowest BCUT2D eigenvalue weighted by Gasteiger charge is -2.13. The summed E-state index contributed by atoms with van der Waals surface area (Å²) in [5, 5.41) is -0.467. The van der Waals surface area contributed by atoms with E-state index in [1.54, 1.807) is 12.1 Å². The number of carbonyl (C=O) groups excluding carboxylic acids is 1. The molecule has 1 aromatic rings. The Morgan fingerprint density at radius 1 is 1.47 bits per heavy atom. The zero-order valence-electron chi connectivity index (χ0n) is 10.5. The summed E-state index contributed by atoms with van der Waals surface area (Å²) in [5.41, 5.74) is 1.31. The summed E-state index contributed by atoms with van der Waals surface area (Å²) < 4.78 is 11.2. The number of hydrogen-bond donors (Lipinski definition) is 0. The fourth-order valence-corrected chi connectivity index (χ4v) is 2.51. The Morgan fingerprint density at radius 3 is 2.95 bits per heavy atom. The Bertz CT molecular complexity index is 442. The van der Waals surface area contributed by atoms with Crippen LogP contribution >= 0.6 is 23.2 Å². The van der Waals surface area contributed by atoms with Crippen molar-refractivity contribution in [2.24, 2.45) is 0 Å². The van der Waals surface area contributed by atoms with Crippen LogP contribution in [0.15, 0.2) is 18.2 Å². The molecule has 0 spiro atoms. The van der Waals surface area contributed by atoms with Crippen LogP contribution in [-0.2, 0) is 11.2 Å². The van der Waals surface area contributed by atoms with Crippen molar-refractivity contribution in [3.8, 4) is 5.75 Å². The first-order chi connectivity index (χ1) is 9.20. The number of alkyl halides is 1. The van der Waals surface area contributed by atoms with Crippen LogP contribution in [0, 0.1) is 0 Å². The van der Waals surface area contributed by atoms with Crippen molar-refractivity contribution in [2.45, 2.75) is 25.4 Å². The molecule has 1 aromatic carbocycles. The predicted molar refractivity (Wildman–Crippen MR) is 75.5 cm³/mol. The molecule has 19 heavy (non-hydrogen) atoms. The van der Waals surface area contributed by atoms with Gasteiger partial charge in [0.05, 0.1) is 6.10 Å². The van der Waals surface area contributed by atoms with E-state index in [1.807, 2.05) is 6.07 Å². The van der Waals surface area contributed by atoms with Gasteiger partial charge in [-0.2, -0.15) is 0 Å². The molecule has 1 heterocycles. The van der Waals surface area contributed by atoms with Gasteiger partial charge in [0.25, 0.3) is 5.24 Å². The molecule has 3 nitrogen and oxygen atoms in total. The van der Waals surface area contributed by atoms with Crippen LogP contribution in [0.1, 0.15) is 28.8 Å². The molecule has 1 atom stereocenters. The topological polar surface area (TPSA) is 35.5 Å². The Kier molecular flexibility index (Phi) is 5.49. The number of ether oxygens (including phenoxy) is 2. The predicted octanol–water partition coefficient (Wildman–Crippen LogP) is 3.40. The highest BCUT2D eigenvalue weighted by atomic mass is 35.5. The minimum absolute atomic E-state index is 0.172. The van der Waals surface area contributed by atoms with Crippen LogP contribution in [0.2, 0.25) is 0 Å². The van der Waals surface area contributed by atoms with Gasteiger partial charge in [0.15, 0.2) is 0 Å². The second-order valence-electron chi connectivity index (χ2n) is 4.48. The highest BCUT2D eigenvalue weighted by molar-refractivity contribution is 6.67. The molecule has 0 bridgehead atoms. The summed E-state index contributed by atoms with van der Waals surface area (Å²) >= 11 is 11.3. The van der Waals surface area contributed by atoms with Crippen molar-refractivity contribution < 1.29 is 14.3 Å². The molecule has 1 fully saturated rings. The maximum Gasteiger partial charge on any atom is 0.252 e. The van der Waals surface area contributed by atoms with E-state index < -0.39 is 5.24 Å². The molecule has 0 unspecified atom stereocenters. The molecule has 2 rings (SSSR count). The lowest BCUT2D eigenvalue weighted by atomic mass is 10.1. The SMILES string of the molecule is O=C(Cl)c1ccc(OC[C@@H]2CCCO2)cc1CCCl. The molecule has 0 saturated carbocycles. The van der Waals surface area contributed by atoms with Crippen LogP contribution in [0.3, 0.4) is 0 Å². The van der Waals surface area contributed by atoms with Crippen molar-refractivity contribution in [1.29, 1.82) is 0 Å². The van der Waals surface area contributed by atoms with Crippen LogP contribution in [0.4, 0.5) is 0 Å². The third kappa shape index (κ3) is 4.10. The molecular formula is C14H16Cl2O3. The first kappa shape index (κ1) is 14.6. The average molecular weight is 303 g/mol. The second kappa shape index (κ2) is 7.13.